The molecule has 1 aliphatic rings. The van der Waals surface area contributed by atoms with E-state index in [2.05, 4.69) is 17.6 Å². The van der Waals surface area contributed by atoms with E-state index in [0.717, 1.165) is 24.8 Å². The Morgan fingerprint density at radius 3 is 2.65 bits per heavy atom. The first-order chi connectivity index (χ1) is 9.47. The Balaban J connectivity index is 2.06. The van der Waals surface area contributed by atoms with Gasteiger partial charge in [0, 0.05) is 6.04 Å². The third kappa shape index (κ3) is 3.29. The normalized spacial score (nSPS) is 21.5. The highest BCUT2D eigenvalue weighted by Crippen LogP contribution is 2.25. The number of anilines is 1. The fourth-order valence-electron chi connectivity index (χ4n) is 2.63. The molecule has 0 radical (unpaired) electrons. The van der Waals surface area contributed by atoms with Gasteiger partial charge in [-0.2, -0.15) is 0 Å². The van der Waals surface area contributed by atoms with Crippen molar-refractivity contribution in [2.45, 2.75) is 39.2 Å². The smallest absolute Gasteiger partial charge is 0.337 e. The first-order valence-electron chi connectivity index (χ1n) is 6.89. The van der Waals surface area contributed by atoms with Crippen molar-refractivity contribution in [1.29, 1.82) is 0 Å². The Labute approximate surface area is 118 Å². The number of aryl methyl sites for hydroxylation is 1. The number of urea groups is 1. The van der Waals surface area contributed by atoms with Crippen molar-refractivity contribution in [3.8, 4) is 0 Å². The van der Waals surface area contributed by atoms with Gasteiger partial charge in [0.25, 0.3) is 0 Å². The molecule has 0 aromatic heterocycles. The Hall–Kier alpha value is -2.04. The molecule has 1 aliphatic carbocycles. The Morgan fingerprint density at radius 1 is 1.30 bits per heavy atom. The number of carboxylic acid groups (broad SMARTS) is 1. The van der Waals surface area contributed by atoms with Gasteiger partial charge >= 0.3 is 12.0 Å². The number of hydrogen-bond acceptors (Lipinski definition) is 2. The van der Waals surface area contributed by atoms with Gasteiger partial charge in [-0.1, -0.05) is 25.0 Å². The van der Waals surface area contributed by atoms with E-state index in [-0.39, 0.29) is 17.6 Å². The van der Waals surface area contributed by atoms with Crippen LogP contribution in [0.1, 0.15) is 42.1 Å². The molecule has 3 N–H and O–H groups in total. The van der Waals surface area contributed by atoms with E-state index in [0.29, 0.717) is 11.6 Å². The zero-order chi connectivity index (χ0) is 14.7. The van der Waals surface area contributed by atoms with Crippen molar-refractivity contribution in [2.24, 2.45) is 5.92 Å². The summed E-state index contributed by atoms with van der Waals surface area (Å²) in [6, 6.07) is 4.79. The van der Waals surface area contributed by atoms with Crippen LogP contribution in [0.15, 0.2) is 18.2 Å². The van der Waals surface area contributed by atoms with Crippen molar-refractivity contribution in [3.05, 3.63) is 29.3 Å². The van der Waals surface area contributed by atoms with E-state index in [4.69, 9.17) is 5.11 Å². The molecule has 0 aliphatic heterocycles. The van der Waals surface area contributed by atoms with Gasteiger partial charge in [-0.25, -0.2) is 9.59 Å². The van der Waals surface area contributed by atoms with Crippen molar-refractivity contribution in [3.63, 3.8) is 0 Å². The minimum atomic E-state index is -1.04. The maximum Gasteiger partial charge on any atom is 0.337 e. The summed E-state index contributed by atoms with van der Waals surface area (Å²) < 4.78 is 0. The molecule has 0 heterocycles. The fourth-order valence-corrected chi connectivity index (χ4v) is 2.63. The molecule has 2 unspecified atom stereocenters. The SMILES string of the molecule is Cc1ccc(NC(=O)NC2CCCC2C)c(C(=O)O)c1. The van der Waals surface area contributed by atoms with E-state index in [9.17, 15) is 9.59 Å². The number of nitrogens with one attached hydrogen (secondary N) is 2. The third-order valence-electron chi connectivity index (χ3n) is 3.83. The molecule has 2 rings (SSSR count). The minimum Gasteiger partial charge on any atom is -0.478 e. The zero-order valence-corrected chi connectivity index (χ0v) is 11.8. The van der Waals surface area contributed by atoms with Crippen LogP contribution < -0.4 is 10.6 Å². The monoisotopic (exact) mass is 276 g/mol. The molecule has 0 saturated heterocycles. The van der Waals surface area contributed by atoms with Crippen LogP contribution in [-0.4, -0.2) is 23.1 Å². The first-order valence-corrected chi connectivity index (χ1v) is 6.89. The number of carbonyl (C=O) groups excluding carboxylic acids is 1. The van der Waals surface area contributed by atoms with Crippen LogP contribution in [0, 0.1) is 12.8 Å². The standard InChI is InChI=1S/C15H20N2O3/c1-9-6-7-13(11(8-9)14(18)19)17-15(20)16-12-5-3-4-10(12)2/h6-8,10,12H,3-5H2,1-2H3,(H,18,19)(H2,16,17,20). The predicted octanol–water partition coefficient (Wildman–Crippen LogP) is 3.00. The van der Waals surface area contributed by atoms with Gasteiger partial charge in [-0.05, 0) is 37.8 Å². The van der Waals surface area contributed by atoms with Gasteiger partial charge in [-0.3, -0.25) is 0 Å². The van der Waals surface area contributed by atoms with Gasteiger partial charge in [0.1, 0.15) is 0 Å². The van der Waals surface area contributed by atoms with Crippen molar-refractivity contribution in [1.82, 2.24) is 5.32 Å². The molecule has 20 heavy (non-hydrogen) atoms. The van der Waals surface area contributed by atoms with Crippen molar-refractivity contribution < 1.29 is 14.7 Å². The molecular weight excluding hydrogens is 256 g/mol. The zero-order valence-electron chi connectivity index (χ0n) is 11.8. The largest absolute Gasteiger partial charge is 0.478 e. The van der Waals surface area contributed by atoms with E-state index < -0.39 is 5.97 Å². The lowest BCUT2D eigenvalue weighted by molar-refractivity contribution is 0.0698. The molecule has 2 amide bonds. The molecule has 1 fully saturated rings. The van der Waals surface area contributed by atoms with Crippen LogP contribution in [0.4, 0.5) is 10.5 Å². The average molecular weight is 276 g/mol. The molecule has 108 valence electrons. The minimum absolute atomic E-state index is 0.111. The maximum absolute atomic E-state index is 12.0. The summed E-state index contributed by atoms with van der Waals surface area (Å²) in [6.45, 7) is 3.93. The van der Waals surface area contributed by atoms with Gasteiger partial charge in [-0.15, -0.1) is 0 Å². The number of aromatic carboxylic acids is 1. The summed E-state index contributed by atoms with van der Waals surface area (Å²) in [4.78, 5) is 23.1. The summed E-state index contributed by atoms with van der Waals surface area (Å²) >= 11 is 0. The number of amides is 2. The van der Waals surface area contributed by atoms with Crippen molar-refractivity contribution in [2.75, 3.05) is 5.32 Å². The number of hydrogen-bond donors (Lipinski definition) is 3. The molecule has 1 aromatic rings. The Kier molecular flexibility index (Phi) is 4.27. The van der Waals surface area contributed by atoms with Gasteiger partial charge in [0.15, 0.2) is 0 Å². The lowest BCUT2D eigenvalue weighted by Gasteiger charge is -2.18. The van der Waals surface area contributed by atoms with Gasteiger partial charge in [0.2, 0.25) is 0 Å². The lowest BCUT2D eigenvalue weighted by Crippen LogP contribution is -2.39. The summed E-state index contributed by atoms with van der Waals surface area (Å²) in [6.07, 6.45) is 3.22. The van der Waals surface area contributed by atoms with Crippen LogP contribution in [0.5, 0.6) is 0 Å². The second kappa shape index (κ2) is 5.94. The number of carboxylic acids is 1. The Bertz CT molecular complexity index is 528. The van der Waals surface area contributed by atoms with Gasteiger partial charge in [0.05, 0.1) is 11.3 Å². The first kappa shape index (κ1) is 14.4. The molecule has 2 atom stereocenters. The summed E-state index contributed by atoms with van der Waals surface area (Å²) in [5.41, 5.74) is 1.28. The molecule has 0 spiro atoms. The Morgan fingerprint density at radius 2 is 2.05 bits per heavy atom. The van der Waals surface area contributed by atoms with E-state index >= 15 is 0 Å². The number of benzene rings is 1. The highest BCUT2D eigenvalue weighted by molar-refractivity contribution is 6.00. The van der Waals surface area contributed by atoms with Crippen LogP contribution >= 0.6 is 0 Å². The van der Waals surface area contributed by atoms with Crippen LogP contribution in [0.25, 0.3) is 0 Å². The summed E-state index contributed by atoms with van der Waals surface area (Å²) in [7, 11) is 0. The topological polar surface area (TPSA) is 78.4 Å². The van der Waals surface area contributed by atoms with E-state index in [1.165, 1.54) is 0 Å². The average Bonchev–Trinajstić information content (AvgIpc) is 2.77. The fraction of sp³-hybridized carbons (Fsp3) is 0.467. The molecule has 1 saturated carbocycles. The predicted molar refractivity (Wildman–Crippen MR) is 77.1 cm³/mol. The maximum atomic E-state index is 12.0. The van der Waals surface area contributed by atoms with E-state index in [1.807, 2.05) is 6.92 Å². The third-order valence-corrected chi connectivity index (χ3v) is 3.83. The van der Waals surface area contributed by atoms with Crippen LogP contribution in [0.2, 0.25) is 0 Å². The molecule has 5 heteroatoms. The number of rotatable bonds is 3. The summed E-state index contributed by atoms with van der Waals surface area (Å²) in [5.74, 6) is -0.573. The number of carbonyl (C=O) groups is 2. The van der Waals surface area contributed by atoms with Crippen LogP contribution in [-0.2, 0) is 0 Å². The molecule has 0 bridgehead atoms. The van der Waals surface area contributed by atoms with E-state index in [1.54, 1.807) is 18.2 Å². The lowest BCUT2D eigenvalue weighted by atomic mass is 10.1. The highest BCUT2D eigenvalue weighted by Gasteiger charge is 2.25. The quantitative estimate of drug-likeness (QED) is 0.794. The highest BCUT2D eigenvalue weighted by atomic mass is 16.4. The summed E-state index contributed by atoms with van der Waals surface area (Å²) in [5, 5.41) is 14.7. The molecule has 5 nitrogen and oxygen atoms in total. The van der Waals surface area contributed by atoms with Crippen LogP contribution in [0.3, 0.4) is 0 Å². The van der Waals surface area contributed by atoms with Crippen molar-refractivity contribution >= 4 is 17.7 Å². The second-order valence-electron chi connectivity index (χ2n) is 5.47. The van der Waals surface area contributed by atoms with Gasteiger partial charge < -0.3 is 15.7 Å². The molecular formula is C15H20N2O3. The second-order valence-corrected chi connectivity index (χ2v) is 5.47. The molecule has 1 aromatic carbocycles.